The van der Waals surface area contributed by atoms with Crippen molar-refractivity contribution in [3.05, 3.63) is 11.3 Å². The van der Waals surface area contributed by atoms with E-state index in [1.807, 2.05) is 20.8 Å². The SMILES string of the molecule is COC1=C(C)[C@@H]2CC(=O)O[C@@H]3C[C@H]4[C@H](C)C[C@@H](OC(C)=O)[C@H](OC(C)=O)[C@]4(C)[C@@H](C1=O)[C@@]32C. The fourth-order valence-corrected chi connectivity index (χ4v) is 7.91. The summed E-state index contributed by atoms with van der Waals surface area (Å²) < 4.78 is 23.0. The molecular weight excluding hydrogens is 428 g/mol. The summed E-state index contributed by atoms with van der Waals surface area (Å²) in [5, 5.41) is 0. The van der Waals surface area contributed by atoms with Crippen LogP contribution in [0.3, 0.4) is 0 Å². The molecule has 33 heavy (non-hydrogen) atoms. The Morgan fingerprint density at radius 3 is 2.24 bits per heavy atom. The maximum Gasteiger partial charge on any atom is 0.306 e. The average molecular weight is 463 g/mol. The predicted octanol–water partition coefficient (Wildman–Crippen LogP) is 2.97. The van der Waals surface area contributed by atoms with Crippen molar-refractivity contribution < 1.29 is 38.1 Å². The molecule has 3 fully saturated rings. The Labute approximate surface area is 194 Å². The lowest BCUT2D eigenvalue weighted by Crippen LogP contribution is -2.72. The molecule has 0 unspecified atom stereocenters. The number of methoxy groups -OCH3 is 1. The van der Waals surface area contributed by atoms with Crippen molar-refractivity contribution in [2.45, 2.75) is 79.1 Å². The van der Waals surface area contributed by atoms with Gasteiger partial charge in [-0.25, -0.2) is 0 Å². The molecule has 0 bridgehead atoms. The van der Waals surface area contributed by atoms with Gasteiger partial charge in [-0.1, -0.05) is 20.8 Å². The lowest BCUT2D eigenvalue weighted by atomic mass is 9.39. The van der Waals surface area contributed by atoms with E-state index in [-0.39, 0.29) is 41.7 Å². The lowest BCUT2D eigenvalue weighted by molar-refractivity contribution is -0.261. The molecule has 2 saturated carbocycles. The van der Waals surface area contributed by atoms with E-state index in [1.54, 1.807) is 0 Å². The molecule has 8 nitrogen and oxygen atoms in total. The number of fused-ring (bicyclic) bond motifs is 2. The van der Waals surface area contributed by atoms with Crippen LogP contribution in [0.4, 0.5) is 0 Å². The van der Waals surface area contributed by atoms with Crippen LogP contribution in [0.5, 0.6) is 0 Å². The molecule has 0 N–H and O–H groups in total. The first kappa shape index (κ1) is 23.8. The molecule has 0 radical (unpaired) electrons. The number of Topliss-reactive ketones (excluding diaryl/α,β-unsaturated/α-hetero) is 1. The summed E-state index contributed by atoms with van der Waals surface area (Å²) in [5.74, 6) is -2.06. The highest BCUT2D eigenvalue weighted by atomic mass is 16.6. The van der Waals surface area contributed by atoms with Crippen LogP contribution in [0.1, 0.15) is 60.8 Å². The van der Waals surface area contributed by atoms with Crippen molar-refractivity contribution in [2.75, 3.05) is 7.11 Å². The summed E-state index contributed by atoms with van der Waals surface area (Å²) >= 11 is 0. The Kier molecular flexibility index (Phi) is 5.65. The highest BCUT2D eigenvalue weighted by Crippen LogP contribution is 2.68. The van der Waals surface area contributed by atoms with Crippen LogP contribution in [0, 0.1) is 34.5 Å². The first-order chi connectivity index (χ1) is 15.4. The van der Waals surface area contributed by atoms with Crippen LogP contribution in [-0.4, -0.2) is 49.1 Å². The van der Waals surface area contributed by atoms with Gasteiger partial charge in [0, 0.05) is 36.5 Å². The number of ether oxygens (including phenoxy) is 4. The smallest absolute Gasteiger partial charge is 0.306 e. The fourth-order valence-electron chi connectivity index (χ4n) is 7.91. The van der Waals surface area contributed by atoms with E-state index in [1.165, 1.54) is 21.0 Å². The molecule has 182 valence electrons. The van der Waals surface area contributed by atoms with Gasteiger partial charge in [-0.15, -0.1) is 0 Å². The second-order valence-corrected chi connectivity index (χ2v) is 10.7. The quantitative estimate of drug-likeness (QED) is 0.466. The van der Waals surface area contributed by atoms with Crippen molar-refractivity contribution in [1.29, 1.82) is 0 Å². The van der Waals surface area contributed by atoms with Crippen LogP contribution in [0.2, 0.25) is 0 Å². The number of rotatable bonds is 3. The van der Waals surface area contributed by atoms with Gasteiger partial charge >= 0.3 is 17.9 Å². The molecule has 0 aromatic carbocycles. The summed E-state index contributed by atoms with van der Waals surface area (Å²) in [4.78, 5) is 50.8. The van der Waals surface area contributed by atoms with Crippen molar-refractivity contribution in [2.24, 2.45) is 34.5 Å². The topological polar surface area (TPSA) is 105 Å². The van der Waals surface area contributed by atoms with Gasteiger partial charge in [-0.2, -0.15) is 0 Å². The van der Waals surface area contributed by atoms with Gasteiger partial charge in [0.2, 0.25) is 5.78 Å². The van der Waals surface area contributed by atoms with Crippen molar-refractivity contribution in [3.63, 3.8) is 0 Å². The van der Waals surface area contributed by atoms with Crippen LogP contribution in [-0.2, 0) is 38.1 Å². The third-order valence-electron chi connectivity index (χ3n) is 9.02. The number of carbonyl (C=O) groups excluding carboxylic acids is 4. The number of ketones is 1. The average Bonchev–Trinajstić information content (AvgIpc) is 2.69. The highest BCUT2D eigenvalue weighted by Gasteiger charge is 2.73. The van der Waals surface area contributed by atoms with Crippen molar-refractivity contribution in [1.82, 2.24) is 0 Å². The number of hydrogen-bond acceptors (Lipinski definition) is 8. The molecule has 8 heteroatoms. The zero-order valence-corrected chi connectivity index (χ0v) is 20.4. The molecule has 1 heterocycles. The Bertz CT molecular complexity index is 937. The number of allylic oxidation sites excluding steroid dienone is 2. The van der Waals surface area contributed by atoms with Gasteiger partial charge in [0.25, 0.3) is 0 Å². The summed E-state index contributed by atoms with van der Waals surface area (Å²) in [5.41, 5.74) is -0.786. The standard InChI is InChI=1S/C25H34O8/c1-11-8-17(31-13(3)26)23(32-14(4)27)25(6)15(11)9-18-24(5)16(10-19(28)33-18)12(2)21(30-7)20(29)22(24)25/h11,15-18,22-23H,8-10H2,1-7H3/t11-,15+,16+,17-,18-,22+,23+,24-,25+/m1/s1. The second kappa shape index (κ2) is 7.84. The van der Waals surface area contributed by atoms with Gasteiger partial charge in [0.15, 0.2) is 5.76 Å². The highest BCUT2D eigenvalue weighted by molar-refractivity contribution is 5.99. The molecule has 4 rings (SSSR count). The van der Waals surface area contributed by atoms with Crippen molar-refractivity contribution in [3.8, 4) is 0 Å². The molecular formula is C25H34O8. The van der Waals surface area contributed by atoms with Gasteiger partial charge in [0.1, 0.15) is 18.3 Å². The molecule has 9 atom stereocenters. The Morgan fingerprint density at radius 2 is 1.67 bits per heavy atom. The third-order valence-corrected chi connectivity index (χ3v) is 9.02. The molecule has 0 aromatic rings. The lowest BCUT2D eigenvalue weighted by Gasteiger charge is -2.67. The fraction of sp³-hybridized carbons (Fsp3) is 0.760. The molecule has 0 amide bonds. The predicted molar refractivity (Wildman–Crippen MR) is 115 cm³/mol. The second-order valence-electron chi connectivity index (χ2n) is 10.7. The molecule has 1 aliphatic heterocycles. The van der Waals surface area contributed by atoms with E-state index < -0.39 is 47.0 Å². The van der Waals surface area contributed by atoms with E-state index in [0.29, 0.717) is 12.8 Å². The summed E-state index contributed by atoms with van der Waals surface area (Å²) in [6.07, 6.45) is -0.696. The maximum atomic E-state index is 14.1. The van der Waals surface area contributed by atoms with E-state index >= 15 is 0 Å². The van der Waals surface area contributed by atoms with E-state index in [9.17, 15) is 19.2 Å². The normalized spacial score (nSPS) is 44.3. The largest absolute Gasteiger partial charge is 0.493 e. The Hall–Kier alpha value is -2.38. The van der Waals surface area contributed by atoms with E-state index in [2.05, 4.69) is 6.92 Å². The number of esters is 3. The van der Waals surface area contributed by atoms with Gasteiger partial charge in [-0.3, -0.25) is 19.2 Å². The molecule has 3 aliphatic carbocycles. The van der Waals surface area contributed by atoms with Gasteiger partial charge in [-0.05, 0) is 37.2 Å². The molecule has 4 aliphatic rings. The molecule has 0 spiro atoms. The number of carbonyl (C=O) groups is 4. The first-order valence-corrected chi connectivity index (χ1v) is 11.7. The Morgan fingerprint density at radius 1 is 1.03 bits per heavy atom. The minimum absolute atomic E-state index is 0.0422. The van der Waals surface area contributed by atoms with Crippen LogP contribution < -0.4 is 0 Å². The number of hydrogen-bond donors (Lipinski definition) is 0. The summed E-state index contributed by atoms with van der Waals surface area (Å²) in [7, 11) is 1.47. The zero-order chi connectivity index (χ0) is 24.5. The van der Waals surface area contributed by atoms with Crippen LogP contribution >= 0.6 is 0 Å². The van der Waals surface area contributed by atoms with E-state index in [4.69, 9.17) is 18.9 Å². The Balaban J connectivity index is 1.95. The first-order valence-electron chi connectivity index (χ1n) is 11.7. The monoisotopic (exact) mass is 462 g/mol. The summed E-state index contributed by atoms with van der Waals surface area (Å²) in [6, 6.07) is 0. The van der Waals surface area contributed by atoms with Gasteiger partial charge < -0.3 is 18.9 Å². The summed E-state index contributed by atoms with van der Waals surface area (Å²) in [6.45, 7) is 10.6. The minimum atomic E-state index is -0.849. The zero-order valence-electron chi connectivity index (χ0n) is 20.4. The van der Waals surface area contributed by atoms with Crippen LogP contribution in [0.25, 0.3) is 0 Å². The minimum Gasteiger partial charge on any atom is -0.493 e. The third kappa shape index (κ3) is 3.23. The molecule has 1 saturated heterocycles. The molecule has 0 aromatic heterocycles. The van der Waals surface area contributed by atoms with Crippen LogP contribution in [0.15, 0.2) is 11.3 Å². The van der Waals surface area contributed by atoms with Gasteiger partial charge in [0.05, 0.1) is 13.5 Å². The maximum absolute atomic E-state index is 14.1. The van der Waals surface area contributed by atoms with E-state index in [0.717, 1.165) is 5.57 Å². The van der Waals surface area contributed by atoms with Crippen molar-refractivity contribution >= 4 is 23.7 Å².